The van der Waals surface area contributed by atoms with Crippen molar-refractivity contribution in [2.24, 2.45) is 0 Å². The number of carbonyl (C=O) groups is 1. The van der Waals surface area contributed by atoms with E-state index in [-0.39, 0.29) is 5.91 Å². The molecule has 2 aromatic heterocycles. The maximum atomic E-state index is 12.5. The molecule has 0 bridgehead atoms. The molecule has 0 saturated heterocycles. The van der Waals surface area contributed by atoms with Crippen LogP contribution in [0.25, 0.3) is 0 Å². The zero-order valence-electron chi connectivity index (χ0n) is 16.6. The van der Waals surface area contributed by atoms with Gasteiger partial charge >= 0.3 is 0 Å². The topological polar surface area (TPSA) is 98.3 Å². The van der Waals surface area contributed by atoms with Gasteiger partial charge in [-0.25, -0.2) is 9.97 Å². The maximum Gasteiger partial charge on any atom is 0.270 e. The van der Waals surface area contributed by atoms with Gasteiger partial charge in [0.15, 0.2) is 11.5 Å². The Balaban J connectivity index is 1.66. The second kappa shape index (κ2) is 9.50. The van der Waals surface area contributed by atoms with Gasteiger partial charge in [0.25, 0.3) is 5.91 Å². The van der Waals surface area contributed by atoms with Crippen LogP contribution in [0.4, 0.5) is 5.82 Å². The van der Waals surface area contributed by atoms with E-state index in [2.05, 4.69) is 25.6 Å². The van der Waals surface area contributed by atoms with Gasteiger partial charge in [0, 0.05) is 31.5 Å². The summed E-state index contributed by atoms with van der Waals surface area (Å²) >= 11 is 0. The van der Waals surface area contributed by atoms with Gasteiger partial charge in [-0.3, -0.25) is 9.78 Å². The normalized spacial score (nSPS) is 10.3. The van der Waals surface area contributed by atoms with Crippen molar-refractivity contribution in [3.8, 4) is 11.5 Å². The van der Waals surface area contributed by atoms with Gasteiger partial charge in [-0.1, -0.05) is 6.07 Å². The van der Waals surface area contributed by atoms with Crippen LogP contribution in [0.5, 0.6) is 11.5 Å². The number of hydrogen-bond acceptors (Lipinski definition) is 7. The molecule has 3 aromatic rings. The summed E-state index contributed by atoms with van der Waals surface area (Å²) in [4.78, 5) is 25.0. The predicted octanol–water partition coefficient (Wildman–Crippen LogP) is 2.74. The molecule has 0 atom stereocenters. The van der Waals surface area contributed by atoms with E-state index < -0.39 is 0 Å². The van der Waals surface area contributed by atoms with Crippen molar-refractivity contribution < 1.29 is 14.3 Å². The highest BCUT2D eigenvalue weighted by atomic mass is 16.5. The number of rotatable bonds is 8. The Morgan fingerprint density at radius 2 is 1.69 bits per heavy atom. The van der Waals surface area contributed by atoms with Crippen LogP contribution in [0.2, 0.25) is 0 Å². The molecule has 2 N–H and O–H groups in total. The number of nitrogens with zero attached hydrogens (tertiary/aromatic N) is 3. The Hall–Kier alpha value is -3.68. The molecule has 0 fully saturated rings. The number of hydrogen-bond donors (Lipinski definition) is 2. The third-order valence-corrected chi connectivity index (χ3v) is 4.19. The van der Waals surface area contributed by atoms with Crippen LogP contribution in [0.3, 0.4) is 0 Å². The quantitative estimate of drug-likeness (QED) is 0.607. The molecule has 150 valence electrons. The van der Waals surface area contributed by atoms with Crippen molar-refractivity contribution in [2.75, 3.05) is 19.5 Å². The van der Waals surface area contributed by atoms with E-state index in [0.717, 1.165) is 11.1 Å². The van der Waals surface area contributed by atoms with E-state index in [1.165, 1.54) is 0 Å². The first kappa shape index (κ1) is 20.1. The lowest BCUT2D eigenvalue weighted by Crippen LogP contribution is -2.24. The Morgan fingerprint density at radius 3 is 2.41 bits per heavy atom. The molecule has 8 nitrogen and oxygen atoms in total. The standard InChI is InChI=1S/C21H23N5O3/c1-14-25-17(21(27)24-12-15-6-8-22-9-7-15)11-20(26-14)23-13-16-4-5-18(28-2)19(10-16)29-3/h4-11H,12-13H2,1-3H3,(H,24,27)(H,23,25,26). The summed E-state index contributed by atoms with van der Waals surface area (Å²) in [6.07, 6.45) is 3.37. The Kier molecular flexibility index (Phi) is 6.57. The molecule has 0 saturated carbocycles. The fourth-order valence-corrected chi connectivity index (χ4v) is 2.73. The molecule has 0 aliphatic heterocycles. The summed E-state index contributed by atoms with van der Waals surface area (Å²) < 4.78 is 10.6. The van der Waals surface area contributed by atoms with Crippen LogP contribution in [0, 0.1) is 6.92 Å². The molecule has 3 rings (SSSR count). The van der Waals surface area contributed by atoms with Crippen molar-refractivity contribution >= 4 is 11.7 Å². The summed E-state index contributed by atoms with van der Waals surface area (Å²) in [5.41, 5.74) is 2.26. The number of nitrogens with one attached hydrogen (secondary N) is 2. The molecular formula is C21H23N5O3. The largest absolute Gasteiger partial charge is 0.493 e. The van der Waals surface area contributed by atoms with Crippen molar-refractivity contribution in [1.29, 1.82) is 0 Å². The van der Waals surface area contributed by atoms with Gasteiger partial charge in [0.05, 0.1) is 14.2 Å². The lowest BCUT2D eigenvalue weighted by molar-refractivity contribution is 0.0945. The molecular weight excluding hydrogens is 370 g/mol. The second-order valence-corrected chi connectivity index (χ2v) is 6.27. The van der Waals surface area contributed by atoms with E-state index >= 15 is 0 Å². The molecule has 0 radical (unpaired) electrons. The minimum atomic E-state index is -0.263. The molecule has 0 unspecified atom stereocenters. The number of ether oxygens (including phenoxy) is 2. The van der Waals surface area contributed by atoms with E-state index in [4.69, 9.17) is 9.47 Å². The first-order valence-electron chi connectivity index (χ1n) is 9.06. The van der Waals surface area contributed by atoms with E-state index in [0.29, 0.717) is 41.9 Å². The smallest absolute Gasteiger partial charge is 0.270 e. The number of aryl methyl sites for hydroxylation is 1. The predicted molar refractivity (Wildman–Crippen MR) is 109 cm³/mol. The average Bonchev–Trinajstić information content (AvgIpc) is 2.76. The van der Waals surface area contributed by atoms with Crippen molar-refractivity contribution in [3.05, 3.63) is 71.4 Å². The maximum absolute atomic E-state index is 12.5. The monoisotopic (exact) mass is 393 g/mol. The molecule has 1 aromatic carbocycles. The van der Waals surface area contributed by atoms with E-state index in [1.54, 1.807) is 39.6 Å². The Bertz CT molecular complexity index is 979. The fourth-order valence-electron chi connectivity index (χ4n) is 2.73. The van der Waals surface area contributed by atoms with E-state index in [9.17, 15) is 4.79 Å². The number of aromatic nitrogens is 3. The van der Waals surface area contributed by atoms with Crippen molar-refractivity contribution in [2.45, 2.75) is 20.0 Å². The highest BCUT2D eigenvalue weighted by Crippen LogP contribution is 2.27. The highest BCUT2D eigenvalue weighted by Gasteiger charge is 2.11. The summed E-state index contributed by atoms with van der Waals surface area (Å²) in [7, 11) is 3.19. The number of carbonyl (C=O) groups excluding carboxylic acids is 1. The molecule has 8 heteroatoms. The first-order valence-corrected chi connectivity index (χ1v) is 9.06. The summed E-state index contributed by atoms with van der Waals surface area (Å²) in [6, 6.07) is 11.0. The SMILES string of the molecule is COc1ccc(CNc2cc(C(=O)NCc3ccncc3)nc(C)n2)cc1OC. The zero-order chi connectivity index (χ0) is 20.6. The first-order chi connectivity index (χ1) is 14.1. The highest BCUT2D eigenvalue weighted by molar-refractivity contribution is 5.92. The van der Waals surface area contributed by atoms with Crippen LogP contribution in [-0.2, 0) is 13.1 Å². The van der Waals surface area contributed by atoms with Gasteiger partial charge in [-0.2, -0.15) is 0 Å². The minimum absolute atomic E-state index is 0.263. The Morgan fingerprint density at radius 1 is 0.931 bits per heavy atom. The molecule has 0 spiro atoms. The van der Waals surface area contributed by atoms with Gasteiger partial charge in [-0.15, -0.1) is 0 Å². The summed E-state index contributed by atoms with van der Waals surface area (Å²) in [6.45, 7) is 2.66. The zero-order valence-corrected chi connectivity index (χ0v) is 16.6. The van der Waals surface area contributed by atoms with Crippen molar-refractivity contribution in [1.82, 2.24) is 20.3 Å². The summed E-state index contributed by atoms with van der Waals surface area (Å²) in [5, 5.41) is 6.08. The lowest BCUT2D eigenvalue weighted by Gasteiger charge is -2.11. The number of pyridine rings is 1. The molecule has 2 heterocycles. The Labute approximate surface area is 169 Å². The van der Waals surface area contributed by atoms with Crippen LogP contribution < -0.4 is 20.1 Å². The molecule has 0 aliphatic rings. The number of methoxy groups -OCH3 is 2. The second-order valence-electron chi connectivity index (χ2n) is 6.27. The number of anilines is 1. The third-order valence-electron chi connectivity index (χ3n) is 4.19. The average molecular weight is 393 g/mol. The lowest BCUT2D eigenvalue weighted by atomic mass is 10.2. The molecule has 0 aliphatic carbocycles. The minimum Gasteiger partial charge on any atom is -0.493 e. The van der Waals surface area contributed by atoms with Crippen LogP contribution in [-0.4, -0.2) is 35.1 Å². The van der Waals surface area contributed by atoms with Crippen LogP contribution >= 0.6 is 0 Å². The third kappa shape index (κ3) is 5.41. The summed E-state index contributed by atoms with van der Waals surface area (Å²) in [5.74, 6) is 2.14. The number of amides is 1. The van der Waals surface area contributed by atoms with Gasteiger partial charge < -0.3 is 20.1 Å². The fraction of sp³-hybridized carbons (Fsp3) is 0.238. The number of benzene rings is 1. The van der Waals surface area contributed by atoms with Gasteiger partial charge in [-0.05, 0) is 42.3 Å². The van der Waals surface area contributed by atoms with E-state index in [1.807, 2.05) is 30.3 Å². The van der Waals surface area contributed by atoms with Crippen molar-refractivity contribution in [3.63, 3.8) is 0 Å². The van der Waals surface area contributed by atoms with Gasteiger partial charge in [0.2, 0.25) is 0 Å². The molecule has 1 amide bonds. The van der Waals surface area contributed by atoms with Crippen LogP contribution in [0.15, 0.2) is 48.8 Å². The van der Waals surface area contributed by atoms with Gasteiger partial charge in [0.1, 0.15) is 17.3 Å². The molecule has 29 heavy (non-hydrogen) atoms. The van der Waals surface area contributed by atoms with Crippen LogP contribution in [0.1, 0.15) is 27.4 Å².